The summed E-state index contributed by atoms with van der Waals surface area (Å²) in [4.78, 5) is 0. The predicted molar refractivity (Wildman–Crippen MR) is 32.5 cm³/mol. The fourth-order valence-corrected chi connectivity index (χ4v) is 5.72. The smallest absolute Gasteiger partial charge is 0.0312 e. The Kier molecular flexibility index (Phi) is 0.238. The van der Waals surface area contributed by atoms with Crippen LogP contribution in [0.1, 0.15) is 6.42 Å². The maximum absolute atomic E-state index is 1.68. The third-order valence-corrected chi connectivity index (χ3v) is 5.63. The Labute approximate surface area is 54.6 Å². The summed E-state index contributed by atoms with van der Waals surface area (Å²) in [5.41, 5.74) is 0. The lowest BCUT2D eigenvalue weighted by atomic mass is 9.20. The maximum atomic E-state index is 1.68. The van der Waals surface area contributed by atoms with Gasteiger partial charge in [-0.25, -0.2) is 0 Å². The van der Waals surface area contributed by atoms with E-state index in [9.17, 15) is 0 Å². The molecule has 0 N–H and O–H groups in total. The van der Waals surface area contributed by atoms with Gasteiger partial charge in [0, 0.05) is 0 Å². The van der Waals surface area contributed by atoms with Gasteiger partial charge in [0.2, 0.25) is 0 Å². The predicted octanol–water partition coefficient (Wildman–Crippen LogP) is 1.37. The Morgan fingerprint density at radius 2 is 1.00 bits per heavy atom. The van der Waals surface area contributed by atoms with Crippen LogP contribution in [0.3, 0.4) is 0 Å². The van der Waals surface area contributed by atoms with E-state index in [-0.39, 0.29) is 0 Å². The van der Waals surface area contributed by atoms with Gasteiger partial charge in [0.1, 0.15) is 0 Å². The molecule has 0 aromatic rings. The topological polar surface area (TPSA) is 0 Å². The molecule has 0 radical (unpaired) electrons. The molecule has 0 heteroatoms. The Bertz CT molecular complexity index is 175. The lowest BCUT2D eigenvalue weighted by molar-refractivity contribution is -0.379. The fourth-order valence-electron chi connectivity index (χ4n) is 5.72. The van der Waals surface area contributed by atoms with Crippen LogP contribution in [0.5, 0.6) is 0 Å². The van der Waals surface area contributed by atoms with Crippen molar-refractivity contribution in [3.63, 3.8) is 0 Å². The van der Waals surface area contributed by atoms with Crippen molar-refractivity contribution in [1.82, 2.24) is 0 Å². The van der Waals surface area contributed by atoms with E-state index in [0.29, 0.717) is 0 Å². The highest BCUT2D eigenvalue weighted by molar-refractivity contribution is 5.37. The van der Waals surface area contributed by atoms with Gasteiger partial charge in [0.25, 0.3) is 0 Å². The van der Waals surface area contributed by atoms with Gasteiger partial charge in [-0.3, -0.25) is 0 Å². The van der Waals surface area contributed by atoms with Crippen LogP contribution in [-0.2, 0) is 0 Å². The van der Waals surface area contributed by atoms with Crippen LogP contribution in [0.4, 0.5) is 0 Å². The van der Waals surface area contributed by atoms with Crippen LogP contribution < -0.4 is 0 Å². The lowest BCUT2D eigenvalue weighted by Gasteiger charge is -2.84. The van der Waals surface area contributed by atoms with Crippen molar-refractivity contribution < 1.29 is 0 Å². The Morgan fingerprint density at radius 3 is 1.33 bits per heavy atom. The van der Waals surface area contributed by atoms with Crippen LogP contribution >= 0.6 is 0 Å². The van der Waals surface area contributed by atoms with Gasteiger partial charge >= 0.3 is 0 Å². The minimum atomic E-state index is 1.29. The molecule has 0 amide bonds. The third kappa shape index (κ3) is 0.125. The van der Waals surface area contributed by atoms with E-state index < -0.39 is 0 Å². The van der Waals surface area contributed by atoms with Gasteiger partial charge in [-0.15, -0.1) is 0 Å². The van der Waals surface area contributed by atoms with Crippen molar-refractivity contribution in [2.75, 3.05) is 0 Å². The molecule has 0 heterocycles. The van der Waals surface area contributed by atoms with Crippen LogP contribution in [0.15, 0.2) is 0 Å². The van der Waals surface area contributed by atoms with Crippen LogP contribution in [0.2, 0.25) is 0 Å². The molecule has 6 fully saturated rings. The zero-order valence-corrected chi connectivity index (χ0v) is 5.33. The van der Waals surface area contributed by atoms with E-state index in [1.807, 2.05) is 0 Å². The molecule has 0 saturated heterocycles. The molecule has 0 aromatic heterocycles. The molecule has 6 aliphatic carbocycles. The van der Waals surface area contributed by atoms with E-state index >= 15 is 0 Å². The first-order chi connectivity index (χ1) is 4.48. The average Bonchev–Trinajstić information content (AvgIpc) is 2.12. The first kappa shape index (κ1) is 3.41. The summed E-state index contributed by atoms with van der Waals surface area (Å²) >= 11 is 0. The van der Waals surface area contributed by atoms with Crippen molar-refractivity contribution in [2.45, 2.75) is 6.42 Å². The van der Waals surface area contributed by atoms with E-state index in [4.69, 9.17) is 0 Å². The van der Waals surface area contributed by atoms with Gasteiger partial charge in [-0.05, 0) is 53.8 Å². The van der Waals surface area contributed by atoms with Crippen LogP contribution in [0, 0.1) is 47.3 Å². The summed E-state index contributed by atoms with van der Waals surface area (Å²) in [5, 5.41) is 0. The second kappa shape index (κ2) is 0.627. The molecular formula is C9H10. The van der Waals surface area contributed by atoms with Gasteiger partial charge in [-0.2, -0.15) is 0 Å². The maximum Gasteiger partial charge on any atom is -0.0312 e. The minimum Gasteiger partial charge on any atom is -0.0464 e. The van der Waals surface area contributed by atoms with Crippen molar-refractivity contribution in [3.8, 4) is 0 Å². The molecule has 8 atom stereocenters. The average molecular weight is 118 g/mol. The normalized spacial score (nSPS) is 98.7. The van der Waals surface area contributed by atoms with E-state index in [2.05, 4.69) is 0 Å². The standard InChI is InChI=1S/C9H10/c1-2-4-6-3(1)7-5(2)8(4)9(6)7/h2-9H,1H2/t2?,3?,4-,5?,6+,7?,8?,9?. The lowest BCUT2D eigenvalue weighted by Crippen LogP contribution is -2.81. The van der Waals surface area contributed by atoms with Gasteiger partial charge < -0.3 is 0 Å². The molecule has 46 valence electrons. The molecular weight excluding hydrogens is 108 g/mol. The van der Waals surface area contributed by atoms with Crippen molar-refractivity contribution in [2.24, 2.45) is 47.3 Å². The van der Waals surface area contributed by atoms with Crippen molar-refractivity contribution in [1.29, 1.82) is 0 Å². The molecule has 6 unspecified atom stereocenters. The number of hydrogen-bond acceptors (Lipinski definition) is 0. The number of hydrogen-bond donors (Lipinski definition) is 0. The van der Waals surface area contributed by atoms with Crippen molar-refractivity contribution >= 4 is 0 Å². The Morgan fingerprint density at radius 1 is 0.556 bits per heavy atom. The summed E-state index contributed by atoms with van der Waals surface area (Å²) in [7, 11) is 0. The van der Waals surface area contributed by atoms with Gasteiger partial charge in [-0.1, -0.05) is 0 Å². The van der Waals surface area contributed by atoms with Gasteiger partial charge in [0.05, 0.1) is 0 Å². The molecule has 2 bridgehead atoms. The summed E-state index contributed by atoms with van der Waals surface area (Å²) in [6.07, 6.45) is 1.68. The second-order valence-corrected chi connectivity index (χ2v) is 5.03. The summed E-state index contributed by atoms with van der Waals surface area (Å²) < 4.78 is 0. The fraction of sp³-hybridized carbons (Fsp3) is 1.00. The number of rotatable bonds is 0. The summed E-state index contributed by atoms with van der Waals surface area (Å²) in [6.45, 7) is 0. The molecule has 0 aromatic carbocycles. The Balaban J connectivity index is 1.96. The second-order valence-electron chi connectivity index (χ2n) is 5.03. The quantitative estimate of drug-likeness (QED) is 0.450. The van der Waals surface area contributed by atoms with Crippen molar-refractivity contribution in [3.05, 3.63) is 0 Å². The highest BCUT2D eigenvalue weighted by Crippen LogP contribution is 2.94. The third-order valence-electron chi connectivity index (χ3n) is 5.63. The zero-order valence-electron chi connectivity index (χ0n) is 5.33. The minimum absolute atomic E-state index is 1.29. The molecule has 6 rings (SSSR count). The molecule has 0 nitrogen and oxygen atoms in total. The summed E-state index contributed by atoms with van der Waals surface area (Å²) in [6, 6.07) is 0. The highest BCUT2D eigenvalue weighted by Gasteiger charge is 2.90. The zero-order chi connectivity index (χ0) is 5.33. The molecule has 6 saturated carbocycles. The highest BCUT2D eigenvalue weighted by atomic mass is 14.9. The van der Waals surface area contributed by atoms with Crippen LogP contribution in [-0.4, -0.2) is 0 Å². The van der Waals surface area contributed by atoms with E-state index in [1.165, 1.54) is 47.3 Å². The SMILES string of the molecule is C1C2C3C4C1[C@H]1C4C3[C@@H]21. The molecule has 0 spiro atoms. The van der Waals surface area contributed by atoms with E-state index in [1.54, 1.807) is 6.42 Å². The molecule has 0 aliphatic heterocycles. The molecule has 9 heavy (non-hydrogen) atoms. The summed E-state index contributed by atoms with van der Waals surface area (Å²) in [5.74, 6) is 10.5. The molecule has 6 aliphatic rings. The van der Waals surface area contributed by atoms with E-state index in [0.717, 1.165) is 0 Å². The monoisotopic (exact) mass is 118 g/mol. The first-order valence-electron chi connectivity index (χ1n) is 4.48. The van der Waals surface area contributed by atoms with Crippen LogP contribution in [0.25, 0.3) is 0 Å². The Hall–Kier alpha value is 0. The largest absolute Gasteiger partial charge is 0.0464 e. The first-order valence-corrected chi connectivity index (χ1v) is 4.48. The van der Waals surface area contributed by atoms with Gasteiger partial charge in [0.15, 0.2) is 0 Å².